The fourth-order valence-electron chi connectivity index (χ4n) is 1.42. The number of benzene rings is 1. The minimum atomic E-state index is -1.22. The molecule has 1 atom stereocenters. The van der Waals surface area contributed by atoms with E-state index in [9.17, 15) is 14.4 Å². The monoisotopic (exact) mass is 391 g/mol. The summed E-state index contributed by atoms with van der Waals surface area (Å²) in [6.45, 7) is 0. The van der Waals surface area contributed by atoms with Crippen LogP contribution >= 0.6 is 22.6 Å². The molecule has 0 radical (unpaired) electrons. The molecule has 1 rings (SSSR count). The zero-order chi connectivity index (χ0) is 15.1. The Bertz CT molecular complexity index is 521. The van der Waals surface area contributed by atoms with Gasteiger partial charge in [0, 0.05) is 9.99 Å². The number of halogens is 1. The summed E-state index contributed by atoms with van der Waals surface area (Å²) in [6.07, 6.45) is -0.163. The maximum absolute atomic E-state index is 11.7. The molecule has 8 heteroatoms. The zero-order valence-corrected chi connectivity index (χ0v) is 12.6. The Balaban J connectivity index is 2.60. The Morgan fingerprint density at radius 2 is 1.95 bits per heavy atom. The van der Waals surface area contributed by atoms with Crippen molar-refractivity contribution < 1.29 is 19.5 Å². The molecule has 1 aromatic rings. The topological polar surface area (TPSA) is 122 Å². The Hall–Kier alpha value is -1.84. The van der Waals surface area contributed by atoms with E-state index in [-0.39, 0.29) is 12.8 Å². The SMILES string of the molecule is NC(=O)CC[C@@H](NC(=O)Nc1ccccc1I)C(=O)O. The number of hydrogen-bond acceptors (Lipinski definition) is 3. The van der Waals surface area contributed by atoms with E-state index in [0.29, 0.717) is 5.69 Å². The average molecular weight is 391 g/mol. The van der Waals surface area contributed by atoms with Crippen molar-refractivity contribution in [1.29, 1.82) is 0 Å². The number of amides is 3. The lowest BCUT2D eigenvalue weighted by atomic mass is 10.1. The summed E-state index contributed by atoms with van der Waals surface area (Å²) in [5.41, 5.74) is 5.53. The van der Waals surface area contributed by atoms with Crippen LogP contribution in [0, 0.1) is 3.57 Å². The molecular formula is C12H14IN3O4. The number of hydrogen-bond donors (Lipinski definition) is 4. The maximum atomic E-state index is 11.7. The highest BCUT2D eigenvalue weighted by Crippen LogP contribution is 2.16. The van der Waals surface area contributed by atoms with Crippen molar-refractivity contribution in [1.82, 2.24) is 5.32 Å². The van der Waals surface area contributed by atoms with Crippen LogP contribution in [0.25, 0.3) is 0 Å². The number of anilines is 1. The Kier molecular flexibility index (Phi) is 6.22. The first kappa shape index (κ1) is 16.2. The van der Waals surface area contributed by atoms with Crippen LogP contribution in [-0.2, 0) is 9.59 Å². The second-order valence-electron chi connectivity index (χ2n) is 3.97. The molecule has 0 bridgehead atoms. The first-order valence-electron chi connectivity index (χ1n) is 5.73. The number of carbonyl (C=O) groups excluding carboxylic acids is 2. The largest absolute Gasteiger partial charge is 0.480 e. The third-order valence-electron chi connectivity index (χ3n) is 2.40. The quantitative estimate of drug-likeness (QED) is 0.543. The highest BCUT2D eigenvalue weighted by atomic mass is 127. The van der Waals surface area contributed by atoms with E-state index < -0.39 is 23.9 Å². The van der Waals surface area contributed by atoms with Crippen LogP contribution in [0.1, 0.15) is 12.8 Å². The third-order valence-corrected chi connectivity index (χ3v) is 3.35. The minimum absolute atomic E-state index is 0.0516. The number of carbonyl (C=O) groups is 3. The van der Waals surface area contributed by atoms with Crippen LogP contribution in [0.3, 0.4) is 0 Å². The van der Waals surface area contributed by atoms with Crippen molar-refractivity contribution in [3.05, 3.63) is 27.8 Å². The molecular weight excluding hydrogens is 377 g/mol. The molecule has 0 fully saturated rings. The number of para-hydroxylation sites is 1. The molecule has 0 unspecified atom stereocenters. The van der Waals surface area contributed by atoms with Gasteiger partial charge in [0.2, 0.25) is 5.91 Å². The van der Waals surface area contributed by atoms with Crippen molar-refractivity contribution in [2.45, 2.75) is 18.9 Å². The molecule has 0 spiro atoms. The standard InChI is InChI=1S/C12H14IN3O4/c13-7-3-1-2-4-8(7)15-12(20)16-9(11(18)19)5-6-10(14)17/h1-4,9H,5-6H2,(H2,14,17)(H,18,19)(H2,15,16,20)/t9-/m1/s1. The number of urea groups is 1. The molecule has 20 heavy (non-hydrogen) atoms. The fourth-order valence-corrected chi connectivity index (χ4v) is 1.95. The Morgan fingerprint density at radius 1 is 1.30 bits per heavy atom. The van der Waals surface area contributed by atoms with Crippen molar-refractivity contribution in [3.63, 3.8) is 0 Å². The number of carboxylic acid groups (broad SMARTS) is 1. The van der Waals surface area contributed by atoms with Gasteiger partial charge in [-0.25, -0.2) is 9.59 Å². The van der Waals surface area contributed by atoms with E-state index in [0.717, 1.165) is 3.57 Å². The van der Waals surface area contributed by atoms with Gasteiger partial charge in [-0.2, -0.15) is 0 Å². The summed E-state index contributed by atoms with van der Waals surface area (Å²) in [5, 5.41) is 13.8. The summed E-state index contributed by atoms with van der Waals surface area (Å²) in [7, 11) is 0. The van der Waals surface area contributed by atoms with Crippen LogP contribution in [0.15, 0.2) is 24.3 Å². The number of nitrogens with one attached hydrogen (secondary N) is 2. The molecule has 1 aromatic carbocycles. The van der Waals surface area contributed by atoms with Crippen molar-refractivity contribution >= 4 is 46.2 Å². The summed E-state index contributed by atoms with van der Waals surface area (Å²) < 4.78 is 0.823. The van der Waals surface area contributed by atoms with Crippen LogP contribution in [0.4, 0.5) is 10.5 Å². The van der Waals surface area contributed by atoms with Gasteiger partial charge in [0.05, 0.1) is 5.69 Å². The molecule has 0 aliphatic rings. The lowest BCUT2D eigenvalue weighted by Crippen LogP contribution is -2.43. The van der Waals surface area contributed by atoms with Crippen LogP contribution in [-0.4, -0.2) is 29.1 Å². The van der Waals surface area contributed by atoms with Crippen molar-refractivity contribution in [2.75, 3.05) is 5.32 Å². The van der Waals surface area contributed by atoms with Gasteiger partial charge in [-0.05, 0) is 41.1 Å². The van der Waals surface area contributed by atoms with Crippen molar-refractivity contribution in [2.24, 2.45) is 5.73 Å². The molecule has 0 aromatic heterocycles. The predicted octanol–water partition coefficient (Wildman–Crippen LogP) is 1.13. The molecule has 0 heterocycles. The highest BCUT2D eigenvalue weighted by molar-refractivity contribution is 14.1. The fraction of sp³-hybridized carbons (Fsp3) is 0.250. The third kappa shape index (κ3) is 5.43. The number of primary amides is 1. The van der Waals surface area contributed by atoms with E-state index in [4.69, 9.17) is 10.8 Å². The van der Waals surface area contributed by atoms with Crippen LogP contribution in [0.2, 0.25) is 0 Å². The van der Waals surface area contributed by atoms with E-state index in [1.807, 2.05) is 28.7 Å². The molecule has 0 saturated carbocycles. The molecule has 108 valence electrons. The Morgan fingerprint density at radius 3 is 2.50 bits per heavy atom. The van der Waals surface area contributed by atoms with Gasteiger partial charge in [0.25, 0.3) is 0 Å². The average Bonchev–Trinajstić information content (AvgIpc) is 2.36. The van der Waals surface area contributed by atoms with Gasteiger partial charge >= 0.3 is 12.0 Å². The highest BCUT2D eigenvalue weighted by Gasteiger charge is 2.20. The van der Waals surface area contributed by atoms with Gasteiger partial charge in [-0.15, -0.1) is 0 Å². The number of nitrogens with two attached hydrogens (primary N) is 1. The second-order valence-corrected chi connectivity index (χ2v) is 5.14. The van der Waals surface area contributed by atoms with E-state index in [2.05, 4.69) is 10.6 Å². The lowest BCUT2D eigenvalue weighted by Gasteiger charge is -2.15. The van der Waals surface area contributed by atoms with E-state index in [1.54, 1.807) is 18.2 Å². The normalized spacial score (nSPS) is 11.4. The van der Waals surface area contributed by atoms with Crippen LogP contribution < -0.4 is 16.4 Å². The first-order valence-corrected chi connectivity index (χ1v) is 6.81. The van der Waals surface area contributed by atoms with Crippen LogP contribution in [0.5, 0.6) is 0 Å². The first-order chi connectivity index (χ1) is 9.40. The molecule has 5 N–H and O–H groups in total. The predicted molar refractivity (Wildman–Crippen MR) is 81.2 cm³/mol. The van der Waals surface area contributed by atoms with Gasteiger partial charge in [-0.3, -0.25) is 4.79 Å². The summed E-state index contributed by atoms with van der Waals surface area (Å²) in [5.74, 6) is -1.83. The molecule has 0 aliphatic heterocycles. The molecule has 3 amide bonds. The van der Waals surface area contributed by atoms with Gasteiger partial charge in [0.1, 0.15) is 6.04 Å². The minimum Gasteiger partial charge on any atom is -0.480 e. The number of carboxylic acids is 1. The maximum Gasteiger partial charge on any atom is 0.326 e. The second kappa shape index (κ2) is 7.68. The number of rotatable bonds is 6. The summed E-state index contributed by atoms with van der Waals surface area (Å²) >= 11 is 2.05. The molecule has 0 aliphatic carbocycles. The Labute approximate surface area is 129 Å². The van der Waals surface area contributed by atoms with Gasteiger partial charge < -0.3 is 21.5 Å². The molecule has 0 saturated heterocycles. The summed E-state index contributed by atoms with van der Waals surface area (Å²) in [4.78, 5) is 33.3. The number of aliphatic carboxylic acids is 1. The lowest BCUT2D eigenvalue weighted by molar-refractivity contribution is -0.139. The van der Waals surface area contributed by atoms with E-state index >= 15 is 0 Å². The van der Waals surface area contributed by atoms with Gasteiger partial charge in [-0.1, -0.05) is 12.1 Å². The van der Waals surface area contributed by atoms with Crippen molar-refractivity contribution in [3.8, 4) is 0 Å². The molecule has 7 nitrogen and oxygen atoms in total. The smallest absolute Gasteiger partial charge is 0.326 e. The zero-order valence-electron chi connectivity index (χ0n) is 10.4. The summed E-state index contributed by atoms with van der Waals surface area (Å²) in [6, 6.07) is 5.25. The van der Waals surface area contributed by atoms with Gasteiger partial charge in [0.15, 0.2) is 0 Å². The van der Waals surface area contributed by atoms with E-state index in [1.165, 1.54) is 0 Å².